The number of rotatable bonds is 5. The average Bonchev–Trinajstić information content (AvgIpc) is 3.05. The van der Waals surface area contributed by atoms with Crippen LogP contribution in [-0.4, -0.2) is 30.8 Å². The molecule has 0 saturated heterocycles. The zero-order chi connectivity index (χ0) is 18.8. The number of hydrogen-bond donors (Lipinski definition) is 2. The summed E-state index contributed by atoms with van der Waals surface area (Å²) in [5, 5.41) is 5.49. The molecule has 7 nitrogen and oxygen atoms in total. The molecule has 138 valence electrons. The van der Waals surface area contributed by atoms with Crippen molar-refractivity contribution < 1.29 is 23.9 Å². The Balaban J connectivity index is 1.33. The molecule has 0 fully saturated rings. The highest BCUT2D eigenvalue weighted by atomic mass is 16.6. The molecule has 2 aromatic carbocycles. The van der Waals surface area contributed by atoms with Crippen molar-refractivity contribution in [2.24, 2.45) is 0 Å². The van der Waals surface area contributed by atoms with E-state index in [-0.39, 0.29) is 36.9 Å². The van der Waals surface area contributed by atoms with Crippen LogP contribution in [0.4, 0.5) is 11.4 Å². The Morgan fingerprint density at radius 1 is 1.00 bits per heavy atom. The van der Waals surface area contributed by atoms with Crippen LogP contribution in [0.2, 0.25) is 0 Å². The molecule has 2 heterocycles. The fraction of sp³-hybridized carbons (Fsp3) is 0.250. The van der Waals surface area contributed by atoms with Crippen molar-refractivity contribution >= 4 is 29.0 Å². The van der Waals surface area contributed by atoms with Gasteiger partial charge >= 0.3 is 0 Å². The van der Waals surface area contributed by atoms with E-state index in [9.17, 15) is 14.4 Å². The summed E-state index contributed by atoms with van der Waals surface area (Å²) >= 11 is 0. The monoisotopic (exact) mass is 366 g/mol. The minimum absolute atomic E-state index is 0.0710. The van der Waals surface area contributed by atoms with E-state index in [4.69, 9.17) is 9.47 Å². The third kappa shape index (κ3) is 3.76. The van der Waals surface area contributed by atoms with E-state index in [0.717, 1.165) is 11.3 Å². The number of ether oxygens (including phenoxy) is 2. The van der Waals surface area contributed by atoms with Gasteiger partial charge < -0.3 is 20.1 Å². The molecule has 0 bridgehead atoms. The van der Waals surface area contributed by atoms with E-state index in [1.165, 1.54) is 0 Å². The van der Waals surface area contributed by atoms with Gasteiger partial charge in [0.2, 0.25) is 11.8 Å². The van der Waals surface area contributed by atoms with E-state index >= 15 is 0 Å². The molecule has 0 spiro atoms. The molecular formula is C20H18N2O5. The van der Waals surface area contributed by atoms with Crippen LogP contribution in [0.3, 0.4) is 0 Å². The number of Topliss-reactive ketones (excluding diaryl/α,β-unsaturated/α-hetero) is 1. The first-order valence-corrected chi connectivity index (χ1v) is 8.74. The Labute approximate surface area is 155 Å². The van der Waals surface area contributed by atoms with Crippen LogP contribution in [0.1, 0.15) is 28.8 Å². The Bertz CT molecular complexity index is 938. The lowest BCUT2D eigenvalue weighted by Crippen LogP contribution is -2.16. The molecule has 0 radical (unpaired) electrons. The molecule has 2 aromatic rings. The number of anilines is 2. The molecule has 0 saturated carbocycles. The largest absolute Gasteiger partial charge is 0.486 e. The summed E-state index contributed by atoms with van der Waals surface area (Å²) in [5.74, 6) is 0.788. The van der Waals surface area contributed by atoms with Crippen molar-refractivity contribution in [1.29, 1.82) is 0 Å². The molecule has 2 aliphatic heterocycles. The van der Waals surface area contributed by atoms with E-state index in [2.05, 4.69) is 10.6 Å². The summed E-state index contributed by atoms with van der Waals surface area (Å²) in [7, 11) is 0. The summed E-state index contributed by atoms with van der Waals surface area (Å²) in [6.07, 6.45) is 0.444. The molecule has 7 heteroatoms. The number of hydrogen-bond acceptors (Lipinski definition) is 5. The lowest BCUT2D eigenvalue weighted by atomic mass is 10.0. The van der Waals surface area contributed by atoms with Crippen LogP contribution >= 0.6 is 0 Å². The lowest BCUT2D eigenvalue weighted by Gasteiger charge is -2.19. The van der Waals surface area contributed by atoms with Gasteiger partial charge in [-0.2, -0.15) is 0 Å². The molecule has 27 heavy (non-hydrogen) atoms. The second-order valence-electron chi connectivity index (χ2n) is 6.43. The van der Waals surface area contributed by atoms with Crippen molar-refractivity contribution in [2.45, 2.75) is 19.3 Å². The summed E-state index contributed by atoms with van der Waals surface area (Å²) in [6.45, 7) is 0.981. The zero-order valence-corrected chi connectivity index (χ0v) is 14.5. The SMILES string of the molecule is O=C(CCC(=O)c1ccc2c(c1)CC(=O)N2)Nc1ccc2c(c1)OCCO2. The standard InChI is InChI=1S/C20H18N2O5/c23-16(12-1-3-15-13(9-12)10-20(25)22-15)4-6-19(24)21-14-2-5-17-18(11-14)27-8-7-26-17/h1-3,5,9,11H,4,6-8,10H2,(H,21,24)(H,22,25). The lowest BCUT2D eigenvalue weighted by molar-refractivity contribution is -0.116. The van der Waals surface area contributed by atoms with Crippen LogP contribution in [-0.2, 0) is 16.0 Å². The highest BCUT2D eigenvalue weighted by molar-refractivity contribution is 6.03. The van der Waals surface area contributed by atoms with E-state index in [1.54, 1.807) is 36.4 Å². The molecule has 2 N–H and O–H groups in total. The van der Waals surface area contributed by atoms with Gasteiger partial charge in [-0.25, -0.2) is 0 Å². The predicted octanol–water partition coefficient (Wildman–Crippen LogP) is 2.55. The number of carbonyl (C=O) groups is 3. The Hall–Kier alpha value is -3.35. The maximum atomic E-state index is 12.4. The molecule has 2 aliphatic rings. The molecule has 0 aliphatic carbocycles. The van der Waals surface area contributed by atoms with Crippen LogP contribution in [0.25, 0.3) is 0 Å². The fourth-order valence-corrected chi connectivity index (χ4v) is 3.12. The fourth-order valence-electron chi connectivity index (χ4n) is 3.12. The summed E-state index contributed by atoms with van der Waals surface area (Å²) in [6, 6.07) is 10.3. The van der Waals surface area contributed by atoms with Gasteiger partial charge in [0.15, 0.2) is 17.3 Å². The summed E-state index contributed by atoms with van der Waals surface area (Å²) < 4.78 is 10.9. The number of fused-ring (bicyclic) bond motifs is 2. The van der Waals surface area contributed by atoms with Crippen molar-refractivity contribution in [1.82, 2.24) is 0 Å². The van der Waals surface area contributed by atoms with E-state index in [1.807, 2.05) is 0 Å². The first-order valence-electron chi connectivity index (χ1n) is 8.74. The van der Waals surface area contributed by atoms with Crippen molar-refractivity contribution in [3.63, 3.8) is 0 Å². The molecule has 2 amide bonds. The number of benzene rings is 2. The van der Waals surface area contributed by atoms with Gasteiger partial charge in [-0.15, -0.1) is 0 Å². The number of amides is 2. The molecular weight excluding hydrogens is 348 g/mol. The van der Waals surface area contributed by atoms with Crippen LogP contribution in [0.15, 0.2) is 36.4 Å². The number of carbonyl (C=O) groups excluding carboxylic acids is 3. The second-order valence-corrected chi connectivity index (χ2v) is 6.43. The molecule has 4 rings (SSSR count). The quantitative estimate of drug-likeness (QED) is 0.793. The normalized spacial score (nSPS) is 14.3. The summed E-state index contributed by atoms with van der Waals surface area (Å²) in [5.41, 5.74) is 2.66. The van der Waals surface area contributed by atoms with Gasteiger partial charge in [-0.3, -0.25) is 14.4 Å². The van der Waals surface area contributed by atoms with Gasteiger partial charge in [0.1, 0.15) is 13.2 Å². The maximum Gasteiger partial charge on any atom is 0.228 e. The average molecular weight is 366 g/mol. The Morgan fingerprint density at radius 3 is 2.67 bits per heavy atom. The number of nitrogens with one attached hydrogen (secondary N) is 2. The topological polar surface area (TPSA) is 93.7 Å². The van der Waals surface area contributed by atoms with Gasteiger partial charge in [0.25, 0.3) is 0 Å². The highest BCUT2D eigenvalue weighted by Crippen LogP contribution is 2.32. The van der Waals surface area contributed by atoms with E-state index in [0.29, 0.717) is 36.0 Å². The van der Waals surface area contributed by atoms with Gasteiger partial charge in [0, 0.05) is 35.8 Å². The molecule has 0 atom stereocenters. The van der Waals surface area contributed by atoms with E-state index < -0.39 is 0 Å². The summed E-state index contributed by atoms with van der Waals surface area (Å²) in [4.78, 5) is 35.9. The third-order valence-electron chi connectivity index (χ3n) is 4.46. The van der Waals surface area contributed by atoms with Gasteiger partial charge in [-0.05, 0) is 35.9 Å². The zero-order valence-electron chi connectivity index (χ0n) is 14.5. The predicted molar refractivity (Wildman–Crippen MR) is 98.4 cm³/mol. The van der Waals surface area contributed by atoms with Crippen molar-refractivity contribution in [2.75, 3.05) is 23.8 Å². The number of ketones is 1. The third-order valence-corrected chi connectivity index (χ3v) is 4.46. The Morgan fingerprint density at radius 2 is 1.81 bits per heavy atom. The van der Waals surface area contributed by atoms with Crippen LogP contribution in [0.5, 0.6) is 11.5 Å². The minimum Gasteiger partial charge on any atom is -0.486 e. The maximum absolute atomic E-state index is 12.4. The van der Waals surface area contributed by atoms with Crippen molar-refractivity contribution in [3.8, 4) is 11.5 Å². The first kappa shape index (κ1) is 17.1. The van der Waals surface area contributed by atoms with Crippen molar-refractivity contribution in [3.05, 3.63) is 47.5 Å². The van der Waals surface area contributed by atoms with Crippen LogP contribution in [0, 0.1) is 0 Å². The van der Waals surface area contributed by atoms with Gasteiger partial charge in [-0.1, -0.05) is 0 Å². The van der Waals surface area contributed by atoms with Crippen LogP contribution < -0.4 is 20.1 Å². The highest BCUT2D eigenvalue weighted by Gasteiger charge is 2.19. The second kappa shape index (κ2) is 7.11. The Kier molecular flexibility index (Phi) is 4.50. The smallest absolute Gasteiger partial charge is 0.228 e. The van der Waals surface area contributed by atoms with Gasteiger partial charge in [0.05, 0.1) is 6.42 Å². The first-order chi connectivity index (χ1) is 13.1. The molecule has 0 unspecified atom stereocenters. The minimum atomic E-state index is -0.252. The molecule has 0 aromatic heterocycles.